The van der Waals surface area contributed by atoms with E-state index in [1.807, 2.05) is 30.1 Å². The van der Waals surface area contributed by atoms with Crippen molar-refractivity contribution in [1.82, 2.24) is 15.3 Å². The van der Waals surface area contributed by atoms with Crippen molar-refractivity contribution in [3.63, 3.8) is 0 Å². The summed E-state index contributed by atoms with van der Waals surface area (Å²) >= 11 is 7.38. The van der Waals surface area contributed by atoms with Crippen molar-refractivity contribution in [3.05, 3.63) is 46.2 Å². The Balaban J connectivity index is 1.70. The minimum atomic E-state index is -1.31. The molecule has 10 nitrogen and oxygen atoms in total. The molecule has 0 aliphatic rings. The first-order valence-corrected chi connectivity index (χ1v) is 10.6. The lowest BCUT2D eigenvalue weighted by Crippen LogP contribution is -2.41. The second-order valence-corrected chi connectivity index (χ2v) is 8.42. The number of hydrogen-bond acceptors (Lipinski definition) is 8. The van der Waals surface area contributed by atoms with E-state index >= 15 is 0 Å². The standard InChI is InChI=1S/C20H20ClN5O5S/c1-26(9-10-2-3-13-11(6-10)17(21)12(22)7-23-13)15-8-24-19(32-15)18(29)25-14(20(30)31)4-5-16(27)28/h2-3,6-8,14H,4-5,9,22H2,1H3,(H,25,29)(H,27,28)(H,30,31)/t14-/m0/s1. The van der Waals surface area contributed by atoms with Crippen LogP contribution in [0.2, 0.25) is 5.02 Å². The Hall–Kier alpha value is -3.44. The zero-order valence-electron chi connectivity index (χ0n) is 16.9. The summed E-state index contributed by atoms with van der Waals surface area (Å²) < 4.78 is 0. The smallest absolute Gasteiger partial charge is 0.326 e. The Morgan fingerprint density at radius 3 is 2.69 bits per heavy atom. The highest BCUT2D eigenvalue weighted by atomic mass is 35.5. The zero-order valence-corrected chi connectivity index (χ0v) is 18.5. The Morgan fingerprint density at radius 1 is 1.25 bits per heavy atom. The zero-order chi connectivity index (χ0) is 23.4. The molecule has 0 aliphatic carbocycles. The number of anilines is 2. The number of carboxylic acid groups (broad SMARTS) is 2. The Morgan fingerprint density at radius 2 is 2.00 bits per heavy atom. The van der Waals surface area contributed by atoms with Crippen molar-refractivity contribution >= 4 is 62.4 Å². The average Bonchev–Trinajstić information content (AvgIpc) is 3.24. The van der Waals surface area contributed by atoms with Crippen molar-refractivity contribution < 1.29 is 24.6 Å². The minimum Gasteiger partial charge on any atom is -0.481 e. The number of carboxylic acids is 2. The van der Waals surface area contributed by atoms with Crippen LogP contribution in [0.4, 0.5) is 10.7 Å². The third kappa shape index (κ3) is 5.42. The van der Waals surface area contributed by atoms with Crippen molar-refractivity contribution in [1.29, 1.82) is 0 Å². The first kappa shape index (κ1) is 23.2. The number of rotatable bonds is 9. The van der Waals surface area contributed by atoms with Gasteiger partial charge in [0, 0.05) is 25.4 Å². The van der Waals surface area contributed by atoms with E-state index in [9.17, 15) is 19.5 Å². The Labute approximate surface area is 191 Å². The van der Waals surface area contributed by atoms with Crippen molar-refractivity contribution in [2.75, 3.05) is 17.7 Å². The van der Waals surface area contributed by atoms with Gasteiger partial charge in [-0.15, -0.1) is 0 Å². The van der Waals surface area contributed by atoms with Crippen LogP contribution < -0.4 is 16.0 Å². The van der Waals surface area contributed by atoms with Gasteiger partial charge < -0.3 is 26.2 Å². The molecular formula is C20H20ClN5O5S. The number of fused-ring (bicyclic) bond motifs is 1. The van der Waals surface area contributed by atoms with Crippen LogP contribution in [0.25, 0.3) is 10.9 Å². The summed E-state index contributed by atoms with van der Waals surface area (Å²) in [6, 6.07) is 4.34. The van der Waals surface area contributed by atoms with Crippen molar-refractivity contribution in [2.45, 2.75) is 25.4 Å². The monoisotopic (exact) mass is 477 g/mol. The third-order valence-corrected chi connectivity index (χ3v) is 6.16. The highest BCUT2D eigenvalue weighted by molar-refractivity contribution is 7.17. The number of carbonyl (C=O) groups is 3. The molecule has 12 heteroatoms. The molecule has 3 rings (SSSR count). The lowest BCUT2D eigenvalue weighted by molar-refractivity contribution is -0.140. The largest absolute Gasteiger partial charge is 0.481 e. The molecule has 1 aromatic carbocycles. The van der Waals surface area contributed by atoms with Crippen molar-refractivity contribution in [2.24, 2.45) is 0 Å². The number of aliphatic carboxylic acids is 2. The van der Waals surface area contributed by atoms with E-state index < -0.39 is 23.9 Å². The van der Waals surface area contributed by atoms with Gasteiger partial charge in [0.25, 0.3) is 5.91 Å². The number of amides is 1. The second-order valence-electron chi connectivity index (χ2n) is 7.04. The van der Waals surface area contributed by atoms with Crippen LogP contribution in [0.1, 0.15) is 28.2 Å². The van der Waals surface area contributed by atoms with Crippen LogP contribution in [0, 0.1) is 0 Å². The molecule has 2 aromatic heterocycles. The normalized spacial score (nSPS) is 11.8. The van der Waals surface area contributed by atoms with Gasteiger partial charge in [0.05, 0.1) is 28.6 Å². The summed E-state index contributed by atoms with van der Waals surface area (Å²) in [7, 11) is 1.82. The summed E-state index contributed by atoms with van der Waals surface area (Å²) in [5, 5.41) is 22.2. The molecule has 0 bridgehead atoms. The van der Waals surface area contributed by atoms with Gasteiger partial charge in [0.1, 0.15) is 11.0 Å². The highest BCUT2D eigenvalue weighted by Crippen LogP contribution is 2.29. The maximum Gasteiger partial charge on any atom is 0.326 e. The van der Waals surface area contributed by atoms with Gasteiger partial charge >= 0.3 is 11.9 Å². The van der Waals surface area contributed by atoms with Crippen LogP contribution in [0.3, 0.4) is 0 Å². The van der Waals surface area contributed by atoms with Gasteiger partial charge in [0.15, 0.2) is 5.01 Å². The van der Waals surface area contributed by atoms with E-state index in [-0.39, 0.29) is 17.8 Å². The van der Waals surface area contributed by atoms with E-state index in [0.717, 1.165) is 27.8 Å². The Bertz CT molecular complexity index is 1180. The SMILES string of the molecule is CN(Cc1ccc2ncc(N)c(Cl)c2c1)c1cnc(C(=O)N[C@@H](CCC(=O)O)C(=O)O)s1. The second kappa shape index (κ2) is 9.79. The summed E-state index contributed by atoms with van der Waals surface area (Å²) in [5.74, 6) is -3.12. The number of carbonyl (C=O) groups excluding carboxylic acids is 1. The van der Waals surface area contributed by atoms with Gasteiger partial charge in [-0.1, -0.05) is 29.0 Å². The Kier molecular flexibility index (Phi) is 7.11. The molecule has 2 heterocycles. The summed E-state index contributed by atoms with van der Waals surface area (Å²) in [5.41, 5.74) is 7.89. The predicted molar refractivity (Wildman–Crippen MR) is 121 cm³/mol. The fraction of sp³-hybridized carbons (Fsp3) is 0.250. The van der Waals surface area contributed by atoms with E-state index in [1.54, 1.807) is 0 Å². The molecule has 168 valence electrons. The quantitative estimate of drug-likeness (QED) is 0.363. The van der Waals surface area contributed by atoms with Crippen LogP contribution in [-0.2, 0) is 16.1 Å². The lowest BCUT2D eigenvalue weighted by Gasteiger charge is -2.17. The number of benzene rings is 1. The molecule has 3 aromatic rings. The molecular weight excluding hydrogens is 458 g/mol. The number of nitrogens with one attached hydrogen (secondary N) is 1. The minimum absolute atomic E-state index is 0.0759. The first-order chi connectivity index (χ1) is 15.2. The number of halogens is 1. The van der Waals surface area contributed by atoms with Gasteiger partial charge in [-0.05, 0) is 24.1 Å². The average molecular weight is 478 g/mol. The molecule has 0 spiro atoms. The fourth-order valence-corrected chi connectivity index (χ4v) is 3.95. The number of nitrogens with two attached hydrogens (primary N) is 1. The number of nitrogens with zero attached hydrogens (tertiary/aromatic N) is 3. The summed E-state index contributed by atoms with van der Waals surface area (Å²) in [6.07, 6.45) is 2.43. The maximum atomic E-state index is 12.4. The van der Waals surface area contributed by atoms with E-state index in [2.05, 4.69) is 15.3 Å². The molecule has 0 saturated carbocycles. The molecule has 0 aliphatic heterocycles. The number of thiazole rings is 1. The summed E-state index contributed by atoms with van der Waals surface area (Å²) in [4.78, 5) is 44.5. The number of hydrogen-bond donors (Lipinski definition) is 4. The predicted octanol–water partition coefficient (Wildman–Crippen LogP) is 2.61. The van der Waals surface area contributed by atoms with Gasteiger partial charge in [-0.2, -0.15) is 0 Å². The molecule has 0 unspecified atom stereocenters. The van der Waals surface area contributed by atoms with E-state index in [0.29, 0.717) is 22.3 Å². The molecule has 5 N–H and O–H groups in total. The number of pyridine rings is 1. The molecule has 1 atom stereocenters. The third-order valence-electron chi connectivity index (χ3n) is 4.63. The topological polar surface area (TPSA) is 159 Å². The molecule has 1 amide bonds. The van der Waals surface area contributed by atoms with Crippen LogP contribution in [0.15, 0.2) is 30.6 Å². The summed E-state index contributed by atoms with van der Waals surface area (Å²) in [6.45, 7) is 0.487. The number of nitrogen functional groups attached to an aromatic ring is 1. The maximum absolute atomic E-state index is 12.4. The molecule has 0 radical (unpaired) electrons. The van der Waals surface area contributed by atoms with Gasteiger partial charge in [-0.25, -0.2) is 9.78 Å². The molecule has 0 saturated heterocycles. The van der Waals surface area contributed by atoms with E-state index in [4.69, 9.17) is 22.4 Å². The highest BCUT2D eigenvalue weighted by Gasteiger charge is 2.23. The fourth-order valence-electron chi connectivity index (χ4n) is 2.97. The molecule has 0 fully saturated rings. The molecule has 32 heavy (non-hydrogen) atoms. The lowest BCUT2D eigenvalue weighted by atomic mass is 10.1. The van der Waals surface area contributed by atoms with Crippen molar-refractivity contribution in [3.8, 4) is 0 Å². The van der Waals surface area contributed by atoms with Crippen LogP contribution in [0.5, 0.6) is 0 Å². The first-order valence-electron chi connectivity index (χ1n) is 9.40. The van der Waals surface area contributed by atoms with E-state index in [1.165, 1.54) is 12.4 Å². The van der Waals surface area contributed by atoms with Crippen LogP contribution >= 0.6 is 22.9 Å². The van der Waals surface area contributed by atoms with Gasteiger partial charge in [-0.3, -0.25) is 14.6 Å². The number of aromatic nitrogens is 2. The van der Waals surface area contributed by atoms with Crippen LogP contribution in [-0.4, -0.2) is 51.1 Å². The van der Waals surface area contributed by atoms with Gasteiger partial charge in [0.2, 0.25) is 0 Å².